The number of hydrogen-bond acceptors (Lipinski definition) is 4. The molecule has 1 aliphatic rings. The van der Waals surface area contributed by atoms with E-state index in [4.69, 9.17) is 11.5 Å². The number of nitrogens with two attached hydrogens (primary N) is 2. The number of likely N-dealkylation sites (tertiary alicyclic amines) is 1. The van der Waals surface area contributed by atoms with Gasteiger partial charge in [0.1, 0.15) is 0 Å². The number of amides is 1. The first kappa shape index (κ1) is 18.4. The zero-order chi connectivity index (χ0) is 18.4. The van der Waals surface area contributed by atoms with Crippen LogP contribution in [0.1, 0.15) is 24.0 Å². The van der Waals surface area contributed by atoms with Gasteiger partial charge in [-0.25, -0.2) is 0 Å². The summed E-state index contributed by atoms with van der Waals surface area (Å²) in [6.07, 6.45) is 2.62. The molecule has 0 aliphatic carbocycles. The summed E-state index contributed by atoms with van der Waals surface area (Å²) in [5, 5.41) is 3.44. The van der Waals surface area contributed by atoms with Crippen molar-refractivity contribution < 1.29 is 4.79 Å². The van der Waals surface area contributed by atoms with Gasteiger partial charge in [0, 0.05) is 31.4 Å². The SMILES string of the molecule is NCc1ccc(NCC2CCCN2C(=O)C(N)Cc2ccccc2)cc1. The van der Waals surface area contributed by atoms with Crippen molar-refractivity contribution in [1.82, 2.24) is 4.90 Å². The van der Waals surface area contributed by atoms with Crippen LogP contribution < -0.4 is 16.8 Å². The minimum absolute atomic E-state index is 0.0524. The van der Waals surface area contributed by atoms with Crippen LogP contribution >= 0.6 is 0 Å². The molecule has 1 amide bonds. The predicted octanol–water partition coefficient (Wildman–Crippen LogP) is 2.12. The third kappa shape index (κ3) is 4.62. The Morgan fingerprint density at radius 2 is 1.85 bits per heavy atom. The van der Waals surface area contributed by atoms with Crippen molar-refractivity contribution in [3.05, 3.63) is 65.7 Å². The number of hydrogen-bond donors (Lipinski definition) is 3. The lowest BCUT2D eigenvalue weighted by Gasteiger charge is -2.28. The highest BCUT2D eigenvalue weighted by molar-refractivity contribution is 5.82. The highest BCUT2D eigenvalue weighted by Crippen LogP contribution is 2.20. The Balaban J connectivity index is 1.55. The van der Waals surface area contributed by atoms with E-state index in [1.807, 2.05) is 59.5 Å². The van der Waals surface area contributed by atoms with Crippen LogP contribution in [-0.2, 0) is 17.8 Å². The molecule has 2 aromatic carbocycles. The van der Waals surface area contributed by atoms with Crippen molar-refractivity contribution in [2.45, 2.75) is 37.9 Å². The molecular weight excluding hydrogens is 324 g/mol. The summed E-state index contributed by atoms with van der Waals surface area (Å²) < 4.78 is 0. The van der Waals surface area contributed by atoms with E-state index in [9.17, 15) is 4.79 Å². The van der Waals surface area contributed by atoms with Crippen molar-refractivity contribution in [2.75, 3.05) is 18.4 Å². The topological polar surface area (TPSA) is 84.4 Å². The molecular formula is C21H28N4O. The van der Waals surface area contributed by atoms with Crippen molar-refractivity contribution >= 4 is 11.6 Å². The summed E-state index contributed by atoms with van der Waals surface area (Å²) in [5.41, 5.74) is 15.1. The molecule has 1 aliphatic heterocycles. The fourth-order valence-corrected chi connectivity index (χ4v) is 3.50. The molecule has 138 valence electrons. The van der Waals surface area contributed by atoms with Gasteiger partial charge in [-0.1, -0.05) is 42.5 Å². The minimum atomic E-state index is -0.484. The second kappa shape index (κ2) is 8.83. The Morgan fingerprint density at radius 1 is 1.12 bits per heavy atom. The summed E-state index contributed by atoms with van der Waals surface area (Å²) in [6.45, 7) is 2.08. The van der Waals surface area contributed by atoms with Gasteiger partial charge >= 0.3 is 0 Å². The Kier molecular flexibility index (Phi) is 6.26. The largest absolute Gasteiger partial charge is 0.383 e. The molecule has 0 bridgehead atoms. The van der Waals surface area contributed by atoms with Crippen molar-refractivity contribution in [3.63, 3.8) is 0 Å². The fourth-order valence-electron chi connectivity index (χ4n) is 3.50. The fraction of sp³-hybridized carbons (Fsp3) is 0.381. The maximum absolute atomic E-state index is 12.8. The van der Waals surface area contributed by atoms with Gasteiger partial charge in [0.2, 0.25) is 5.91 Å². The van der Waals surface area contributed by atoms with Crippen LogP contribution in [0.3, 0.4) is 0 Å². The van der Waals surface area contributed by atoms with E-state index >= 15 is 0 Å². The standard InChI is InChI=1S/C21H28N4O/c22-14-17-8-10-18(11-9-17)24-15-19-7-4-12-25(19)21(26)20(23)13-16-5-2-1-3-6-16/h1-3,5-6,8-11,19-20,24H,4,7,12-15,22-23H2. The van der Waals surface area contributed by atoms with E-state index in [0.29, 0.717) is 13.0 Å². The van der Waals surface area contributed by atoms with Gasteiger partial charge in [0.05, 0.1) is 6.04 Å². The number of anilines is 1. The molecule has 1 fully saturated rings. The molecule has 2 atom stereocenters. The average Bonchev–Trinajstić information content (AvgIpc) is 3.15. The van der Waals surface area contributed by atoms with E-state index in [1.54, 1.807) is 0 Å². The number of carbonyl (C=O) groups excluding carboxylic acids is 1. The normalized spacial score (nSPS) is 17.9. The first-order chi connectivity index (χ1) is 12.7. The molecule has 1 heterocycles. The van der Waals surface area contributed by atoms with E-state index in [1.165, 1.54) is 0 Å². The van der Waals surface area contributed by atoms with Crippen LogP contribution in [0.5, 0.6) is 0 Å². The molecule has 0 radical (unpaired) electrons. The summed E-state index contributed by atoms with van der Waals surface area (Å²) in [5.74, 6) is 0.0524. The van der Waals surface area contributed by atoms with E-state index in [0.717, 1.165) is 42.7 Å². The number of nitrogens with one attached hydrogen (secondary N) is 1. The second-order valence-electron chi connectivity index (χ2n) is 6.91. The maximum atomic E-state index is 12.8. The third-order valence-corrected chi connectivity index (χ3v) is 5.01. The third-order valence-electron chi connectivity index (χ3n) is 5.01. The first-order valence-corrected chi connectivity index (χ1v) is 9.30. The monoisotopic (exact) mass is 352 g/mol. The predicted molar refractivity (Wildman–Crippen MR) is 106 cm³/mol. The van der Waals surface area contributed by atoms with Crippen LogP contribution in [0.25, 0.3) is 0 Å². The Morgan fingerprint density at radius 3 is 2.54 bits per heavy atom. The average molecular weight is 352 g/mol. The molecule has 3 rings (SSSR count). The van der Waals surface area contributed by atoms with Gasteiger partial charge in [-0.3, -0.25) is 4.79 Å². The number of nitrogens with zero attached hydrogens (tertiary/aromatic N) is 1. The minimum Gasteiger partial charge on any atom is -0.383 e. The molecule has 1 saturated heterocycles. The molecule has 0 spiro atoms. The molecule has 0 aromatic heterocycles. The molecule has 5 heteroatoms. The lowest BCUT2D eigenvalue weighted by atomic mass is 10.1. The Labute approximate surface area is 155 Å². The van der Waals surface area contributed by atoms with E-state index in [2.05, 4.69) is 5.32 Å². The number of benzene rings is 2. The van der Waals surface area contributed by atoms with Crippen LogP contribution in [0.2, 0.25) is 0 Å². The zero-order valence-electron chi connectivity index (χ0n) is 15.1. The maximum Gasteiger partial charge on any atom is 0.240 e. The highest BCUT2D eigenvalue weighted by atomic mass is 16.2. The van der Waals surface area contributed by atoms with E-state index < -0.39 is 6.04 Å². The molecule has 26 heavy (non-hydrogen) atoms. The number of rotatable bonds is 7. The molecule has 0 saturated carbocycles. The van der Waals surface area contributed by atoms with Crippen molar-refractivity contribution in [1.29, 1.82) is 0 Å². The van der Waals surface area contributed by atoms with Gasteiger partial charge in [0.25, 0.3) is 0 Å². The molecule has 5 nitrogen and oxygen atoms in total. The number of carbonyl (C=O) groups is 1. The van der Waals surface area contributed by atoms with Gasteiger partial charge < -0.3 is 21.7 Å². The van der Waals surface area contributed by atoms with Crippen LogP contribution in [0, 0.1) is 0 Å². The van der Waals surface area contributed by atoms with Crippen LogP contribution in [0.4, 0.5) is 5.69 Å². The summed E-state index contributed by atoms with van der Waals surface area (Å²) >= 11 is 0. The first-order valence-electron chi connectivity index (χ1n) is 9.30. The quantitative estimate of drug-likeness (QED) is 0.713. The van der Waals surface area contributed by atoms with Crippen LogP contribution in [-0.4, -0.2) is 36.0 Å². The Bertz CT molecular complexity index is 702. The summed E-state index contributed by atoms with van der Waals surface area (Å²) in [6, 6.07) is 17.8. The lowest BCUT2D eigenvalue weighted by Crippen LogP contribution is -2.48. The van der Waals surface area contributed by atoms with Gasteiger partial charge in [-0.2, -0.15) is 0 Å². The van der Waals surface area contributed by atoms with Crippen molar-refractivity contribution in [3.8, 4) is 0 Å². The smallest absolute Gasteiger partial charge is 0.240 e. The molecule has 2 aromatic rings. The van der Waals surface area contributed by atoms with Crippen molar-refractivity contribution in [2.24, 2.45) is 11.5 Å². The van der Waals surface area contributed by atoms with Crippen LogP contribution in [0.15, 0.2) is 54.6 Å². The zero-order valence-corrected chi connectivity index (χ0v) is 15.1. The second-order valence-corrected chi connectivity index (χ2v) is 6.91. The molecule has 2 unspecified atom stereocenters. The van der Waals surface area contributed by atoms with Gasteiger partial charge in [-0.15, -0.1) is 0 Å². The summed E-state index contributed by atoms with van der Waals surface area (Å²) in [4.78, 5) is 14.8. The van der Waals surface area contributed by atoms with E-state index in [-0.39, 0.29) is 11.9 Å². The summed E-state index contributed by atoms with van der Waals surface area (Å²) in [7, 11) is 0. The lowest BCUT2D eigenvalue weighted by molar-refractivity contribution is -0.133. The molecule has 5 N–H and O–H groups in total. The van der Waals surface area contributed by atoms with Gasteiger partial charge in [-0.05, 0) is 42.5 Å². The van der Waals surface area contributed by atoms with Gasteiger partial charge in [0.15, 0.2) is 0 Å². The Hall–Kier alpha value is -2.37. The highest BCUT2D eigenvalue weighted by Gasteiger charge is 2.31.